The minimum absolute atomic E-state index is 0.120. The molecule has 0 spiro atoms. The Hall–Kier alpha value is -1.13. The molecule has 0 radical (unpaired) electrons. The van der Waals surface area contributed by atoms with E-state index in [0.717, 1.165) is 19.4 Å². The number of carbonyl (C=O) groups is 1. The molecule has 0 aliphatic carbocycles. The highest BCUT2D eigenvalue weighted by Crippen LogP contribution is 2.34. The zero-order valence-electron chi connectivity index (χ0n) is 12.2. The molecular formula is C16H23NO2S. The van der Waals surface area contributed by atoms with Crippen LogP contribution in [0.25, 0.3) is 0 Å². The van der Waals surface area contributed by atoms with Crippen molar-refractivity contribution < 1.29 is 9.90 Å². The fraction of sp³-hybridized carbons (Fsp3) is 0.562. The van der Waals surface area contributed by atoms with E-state index in [9.17, 15) is 9.90 Å². The van der Waals surface area contributed by atoms with Crippen LogP contribution in [0.2, 0.25) is 0 Å². The molecule has 3 nitrogen and oxygen atoms in total. The molecule has 2 rings (SSSR count). The van der Waals surface area contributed by atoms with Crippen LogP contribution in [0.5, 0.6) is 0 Å². The predicted octanol–water partition coefficient (Wildman–Crippen LogP) is 3.09. The van der Waals surface area contributed by atoms with E-state index in [0.29, 0.717) is 13.0 Å². The Kier molecular flexibility index (Phi) is 5.38. The van der Waals surface area contributed by atoms with E-state index in [1.54, 1.807) is 16.2 Å². The van der Waals surface area contributed by atoms with Crippen molar-refractivity contribution in [1.82, 2.24) is 4.90 Å². The van der Waals surface area contributed by atoms with Crippen molar-refractivity contribution in [1.29, 1.82) is 0 Å². The molecule has 4 heteroatoms. The van der Waals surface area contributed by atoms with Gasteiger partial charge in [-0.3, -0.25) is 4.79 Å². The number of hydrogen-bond donors (Lipinski definition) is 1. The van der Waals surface area contributed by atoms with Gasteiger partial charge in [0.25, 0.3) is 0 Å². The molecule has 0 unspecified atom stereocenters. The van der Waals surface area contributed by atoms with Crippen molar-refractivity contribution in [3.05, 3.63) is 34.0 Å². The summed E-state index contributed by atoms with van der Waals surface area (Å²) in [7, 11) is 0. The number of hydrogen-bond acceptors (Lipinski definition) is 3. The van der Waals surface area contributed by atoms with Gasteiger partial charge < -0.3 is 10.0 Å². The van der Waals surface area contributed by atoms with Crippen molar-refractivity contribution in [2.24, 2.45) is 0 Å². The van der Waals surface area contributed by atoms with Crippen molar-refractivity contribution in [3.63, 3.8) is 0 Å². The summed E-state index contributed by atoms with van der Waals surface area (Å²) < 4.78 is 0. The summed E-state index contributed by atoms with van der Waals surface area (Å²) in [6.45, 7) is 5.35. The topological polar surface area (TPSA) is 40.5 Å². The summed E-state index contributed by atoms with van der Waals surface area (Å²) in [6, 6.07) is 2.10. The van der Waals surface area contributed by atoms with Crippen molar-refractivity contribution in [2.75, 3.05) is 13.1 Å². The molecule has 1 aromatic rings. The van der Waals surface area contributed by atoms with E-state index in [1.807, 2.05) is 12.2 Å². The SMILES string of the molecule is CC/C=C/CC(=O)N1CC[C@@H](c2sccc2C)[C@H](O)C1. The van der Waals surface area contributed by atoms with Crippen molar-refractivity contribution >= 4 is 17.2 Å². The number of carbonyl (C=O) groups excluding carboxylic acids is 1. The summed E-state index contributed by atoms with van der Waals surface area (Å²) in [5.74, 6) is 0.306. The third kappa shape index (κ3) is 3.49. The van der Waals surface area contributed by atoms with E-state index < -0.39 is 6.10 Å². The molecule has 0 aromatic carbocycles. The number of amides is 1. The minimum atomic E-state index is -0.444. The second-order valence-electron chi connectivity index (χ2n) is 5.35. The van der Waals surface area contributed by atoms with Gasteiger partial charge in [-0.1, -0.05) is 19.1 Å². The number of aliphatic hydroxyl groups excluding tert-OH is 1. The first-order chi connectivity index (χ1) is 9.63. The van der Waals surface area contributed by atoms with Crippen LogP contribution < -0.4 is 0 Å². The lowest BCUT2D eigenvalue weighted by Crippen LogP contribution is -2.45. The third-order valence-electron chi connectivity index (χ3n) is 3.87. The highest BCUT2D eigenvalue weighted by molar-refractivity contribution is 7.10. The fourth-order valence-corrected chi connectivity index (χ4v) is 3.83. The van der Waals surface area contributed by atoms with Crippen molar-refractivity contribution in [2.45, 2.75) is 45.1 Å². The van der Waals surface area contributed by atoms with Gasteiger partial charge in [-0.15, -0.1) is 11.3 Å². The number of aliphatic hydroxyl groups is 1. The molecule has 1 aliphatic heterocycles. The summed E-state index contributed by atoms with van der Waals surface area (Å²) in [5.41, 5.74) is 1.25. The average molecular weight is 293 g/mol. The van der Waals surface area contributed by atoms with E-state index in [-0.39, 0.29) is 11.8 Å². The van der Waals surface area contributed by atoms with Crippen LogP contribution in [0, 0.1) is 6.92 Å². The van der Waals surface area contributed by atoms with Gasteiger partial charge >= 0.3 is 0 Å². The molecule has 1 fully saturated rings. The van der Waals surface area contributed by atoms with Crippen LogP contribution >= 0.6 is 11.3 Å². The molecule has 1 aliphatic rings. The van der Waals surface area contributed by atoms with Crippen LogP contribution in [0.15, 0.2) is 23.6 Å². The summed E-state index contributed by atoms with van der Waals surface area (Å²) in [6.07, 6.45) is 5.74. The van der Waals surface area contributed by atoms with Gasteiger partial charge in [0.15, 0.2) is 0 Å². The minimum Gasteiger partial charge on any atom is -0.391 e. The molecular weight excluding hydrogens is 270 g/mol. The van der Waals surface area contributed by atoms with Crippen LogP contribution in [-0.4, -0.2) is 35.1 Å². The maximum Gasteiger partial charge on any atom is 0.226 e. The van der Waals surface area contributed by atoms with Gasteiger partial charge in [-0.05, 0) is 36.8 Å². The Morgan fingerprint density at radius 3 is 2.95 bits per heavy atom. The summed E-state index contributed by atoms with van der Waals surface area (Å²) in [4.78, 5) is 15.1. The van der Waals surface area contributed by atoms with Crippen LogP contribution in [0.1, 0.15) is 42.5 Å². The molecule has 0 bridgehead atoms. The Morgan fingerprint density at radius 2 is 2.35 bits per heavy atom. The second-order valence-corrected chi connectivity index (χ2v) is 6.30. The number of nitrogens with zero attached hydrogens (tertiary/aromatic N) is 1. The van der Waals surface area contributed by atoms with Gasteiger partial charge in [-0.2, -0.15) is 0 Å². The molecule has 2 heterocycles. The van der Waals surface area contributed by atoms with E-state index >= 15 is 0 Å². The second kappa shape index (κ2) is 7.04. The lowest BCUT2D eigenvalue weighted by Gasteiger charge is -2.35. The number of thiophene rings is 1. The van der Waals surface area contributed by atoms with Crippen LogP contribution in [-0.2, 0) is 4.79 Å². The predicted molar refractivity (Wildman–Crippen MR) is 83.0 cm³/mol. The van der Waals surface area contributed by atoms with Crippen LogP contribution in [0.3, 0.4) is 0 Å². The lowest BCUT2D eigenvalue weighted by atomic mass is 9.90. The zero-order valence-corrected chi connectivity index (χ0v) is 13.0. The molecule has 2 atom stereocenters. The van der Waals surface area contributed by atoms with Gasteiger partial charge in [0.05, 0.1) is 6.10 Å². The number of β-amino-alcohol motifs (C(OH)–C–C–N with tert-alkyl or cyclic N) is 1. The maximum absolute atomic E-state index is 12.0. The Bertz CT molecular complexity index is 481. The quantitative estimate of drug-likeness (QED) is 0.867. The largest absolute Gasteiger partial charge is 0.391 e. The van der Waals surface area contributed by atoms with Gasteiger partial charge in [-0.25, -0.2) is 0 Å². The highest BCUT2D eigenvalue weighted by atomic mass is 32.1. The van der Waals surface area contributed by atoms with E-state index in [2.05, 4.69) is 25.3 Å². The van der Waals surface area contributed by atoms with E-state index in [4.69, 9.17) is 0 Å². The van der Waals surface area contributed by atoms with Gasteiger partial charge in [0.1, 0.15) is 0 Å². The number of aryl methyl sites for hydroxylation is 1. The summed E-state index contributed by atoms with van der Waals surface area (Å²) in [5, 5.41) is 12.4. The number of rotatable bonds is 4. The Labute approximate surface area is 124 Å². The Morgan fingerprint density at radius 1 is 1.55 bits per heavy atom. The van der Waals surface area contributed by atoms with Gasteiger partial charge in [0.2, 0.25) is 5.91 Å². The first-order valence-electron chi connectivity index (χ1n) is 7.28. The lowest BCUT2D eigenvalue weighted by molar-refractivity contribution is -0.133. The van der Waals surface area contributed by atoms with Gasteiger partial charge in [0, 0.05) is 30.3 Å². The smallest absolute Gasteiger partial charge is 0.226 e. The maximum atomic E-state index is 12.0. The molecule has 0 saturated carbocycles. The average Bonchev–Trinajstić information content (AvgIpc) is 2.85. The number of likely N-dealkylation sites (tertiary alicyclic amines) is 1. The number of allylic oxidation sites excluding steroid dienone is 1. The fourth-order valence-electron chi connectivity index (χ4n) is 2.71. The number of piperidine rings is 1. The molecule has 20 heavy (non-hydrogen) atoms. The van der Waals surface area contributed by atoms with Crippen LogP contribution in [0.4, 0.5) is 0 Å². The van der Waals surface area contributed by atoms with E-state index in [1.165, 1.54) is 10.4 Å². The highest BCUT2D eigenvalue weighted by Gasteiger charge is 2.32. The first-order valence-corrected chi connectivity index (χ1v) is 8.16. The molecule has 1 saturated heterocycles. The zero-order chi connectivity index (χ0) is 14.5. The van der Waals surface area contributed by atoms with Crippen molar-refractivity contribution in [3.8, 4) is 0 Å². The third-order valence-corrected chi connectivity index (χ3v) is 5.02. The molecule has 1 amide bonds. The molecule has 1 aromatic heterocycles. The standard InChI is InChI=1S/C16H23NO2S/c1-3-4-5-6-15(19)17-9-7-13(14(18)11-17)16-12(2)8-10-20-16/h4-5,8,10,13-14,18H,3,6-7,9,11H2,1-2H3/b5-4+/t13-,14-/m1/s1. The summed E-state index contributed by atoms with van der Waals surface area (Å²) >= 11 is 1.71. The molecule has 110 valence electrons. The monoisotopic (exact) mass is 293 g/mol. The normalized spacial score (nSPS) is 23.4. The Balaban J connectivity index is 1.94. The molecule has 1 N–H and O–H groups in total. The first kappa shape index (κ1) is 15.3.